The summed E-state index contributed by atoms with van der Waals surface area (Å²) in [6.07, 6.45) is 7.37. The fourth-order valence-electron chi connectivity index (χ4n) is 6.84. The Morgan fingerprint density at radius 2 is 1.09 bits per heavy atom. The summed E-state index contributed by atoms with van der Waals surface area (Å²) >= 11 is 1.86. The van der Waals surface area contributed by atoms with E-state index in [1.54, 1.807) is 0 Å². The molecule has 0 aliphatic rings. The molecule has 0 radical (unpaired) electrons. The van der Waals surface area contributed by atoms with E-state index in [2.05, 4.69) is 133 Å². The van der Waals surface area contributed by atoms with Crippen LogP contribution in [-0.2, 0) is 0 Å². The summed E-state index contributed by atoms with van der Waals surface area (Å²) in [5.74, 6) is 0. The number of thiophene rings is 1. The molecule has 9 rings (SSSR count). The average molecular weight is 620 g/mol. The van der Waals surface area contributed by atoms with E-state index in [-0.39, 0.29) is 0 Å². The first-order valence-electron chi connectivity index (χ1n) is 15.8. The Bertz CT molecular complexity index is 2690. The third-order valence-corrected chi connectivity index (χ3v) is 10.3. The predicted octanol–water partition coefficient (Wildman–Crippen LogP) is 12.6. The van der Waals surface area contributed by atoms with Gasteiger partial charge in [0.05, 0.1) is 0 Å². The first-order chi connectivity index (χ1) is 23.2. The molecule has 0 bridgehead atoms. The zero-order valence-electron chi connectivity index (χ0n) is 25.5. The first-order valence-corrected chi connectivity index (χ1v) is 16.6. The van der Waals surface area contributed by atoms with Gasteiger partial charge in [0.25, 0.3) is 0 Å². The second-order valence-electron chi connectivity index (χ2n) is 11.9. The Kier molecular flexibility index (Phi) is 6.51. The first kappa shape index (κ1) is 27.4. The fourth-order valence-corrected chi connectivity index (χ4v) is 7.96. The normalized spacial score (nSPS) is 12.2. The third kappa shape index (κ3) is 4.72. The van der Waals surface area contributed by atoms with E-state index in [4.69, 9.17) is 10.2 Å². The average Bonchev–Trinajstić information content (AvgIpc) is 3.68. The van der Waals surface area contributed by atoms with Crippen LogP contribution >= 0.6 is 11.3 Å². The van der Waals surface area contributed by atoms with Crippen molar-refractivity contribution in [2.24, 2.45) is 5.73 Å². The van der Waals surface area contributed by atoms with E-state index in [9.17, 15) is 0 Å². The van der Waals surface area contributed by atoms with Gasteiger partial charge >= 0.3 is 0 Å². The molecule has 0 aliphatic carbocycles. The van der Waals surface area contributed by atoms with Crippen molar-refractivity contribution in [2.75, 3.05) is 0 Å². The van der Waals surface area contributed by atoms with Crippen molar-refractivity contribution in [3.8, 4) is 33.4 Å². The lowest BCUT2D eigenvalue weighted by atomic mass is 9.91. The fraction of sp³-hybridized carbons (Fsp3) is 0. The second kappa shape index (κ2) is 11.2. The largest absolute Gasteiger partial charge is 0.456 e. The molecule has 0 aliphatic heterocycles. The quantitative estimate of drug-likeness (QED) is 0.195. The van der Waals surface area contributed by atoms with Gasteiger partial charge in [-0.15, -0.1) is 11.3 Å². The number of nitrogens with two attached hydrogens (primary N) is 1. The van der Waals surface area contributed by atoms with E-state index in [0.717, 1.165) is 33.1 Å². The molecule has 0 spiro atoms. The second-order valence-corrected chi connectivity index (χ2v) is 13.0. The zero-order valence-corrected chi connectivity index (χ0v) is 26.3. The number of furan rings is 1. The molecule has 7 aromatic carbocycles. The Hall–Kier alpha value is -5.90. The summed E-state index contributed by atoms with van der Waals surface area (Å²) in [6, 6.07) is 50.5. The molecule has 0 saturated carbocycles. The van der Waals surface area contributed by atoms with Gasteiger partial charge in [-0.3, -0.25) is 0 Å². The van der Waals surface area contributed by atoms with Crippen LogP contribution in [0.25, 0.3) is 92.3 Å². The van der Waals surface area contributed by atoms with Gasteiger partial charge in [-0.25, -0.2) is 0 Å². The summed E-state index contributed by atoms with van der Waals surface area (Å²) < 4.78 is 8.83. The van der Waals surface area contributed by atoms with Crippen LogP contribution < -0.4 is 5.73 Å². The Morgan fingerprint density at radius 1 is 0.447 bits per heavy atom. The summed E-state index contributed by atoms with van der Waals surface area (Å²) in [5.41, 5.74) is 15.7. The lowest BCUT2D eigenvalue weighted by Crippen LogP contribution is -1.86. The summed E-state index contributed by atoms with van der Waals surface area (Å²) in [5, 5.41) is 7.38. The molecular weight excluding hydrogens is 591 g/mol. The minimum Gasteiger partial charge on any atom is -0.456 e. The molecule has 47 heavy (non-hydrogen) atoms. The van der Waals surface area contributed by atoms with Crippen molar-refractivity contribution < 1.29 is 4.42 Å². The molecule has 9 aromatic rings. The number of rotatable bonds is 5. The van der Waals surface area contributed by atoms with E-state index in [0.29, 0.717) is 0 Å². The molecule has 0 fully saturated rings. The SMILES string of the molecule is N/C=C\C=C/c1ccc(-c2ccc3sc4cc(-c5ccc(-c6ccc7c(c6)oc6ccccc67)c6ccccc56)ccc4c3c2)cc1. The summed E-state index contributed by atoms with van der Waals surface area (Å²) in [6.45, 7) is 0. The van der Waals surface area contributed by atoms with Crippen LogP contribution in [0.2, 0.25) is 0 Å². The predicted molar refractivity (Wildman–Crippen MR) is 203 cm³/mol. The van der Waals surface area contributed by atoms with E-state index in [1.807, 2.05) is 35.6 Å². The minimum absolute atomic E-state index is 0.917. The number of para-hydroxylation sites is 1. The van der Waals surface area contributed by atoms with Crippen molar-refractivity contribution in [3.63, 3.8) is 0 Å². The molecule has 2 N–H and O–H groups in total. The van der Waals surface area contributed by atoms with Crippen molar-refractivity contribution in [1.29, 1.82) is 0 Å². The van der Waals surface area contributed by atoms with Gasteiger partial charge in [-0.1, -0.05) is 115 Å². The summed E-state index contributed by atoms with van der Waals surface area (Å²) in [4.78, 5) is 0. The molecule has 2 aromatic heterocycles. The molecule has 0 amide bonds. The van der Waals surface area contributed by atoms with Crippen molar-refractivity contribution >= 4 is 70.3 Å². The third-order valence-electron chi connectivity index (χ3n) is 9.15. The molecule has 0 saturated heterocycles. The highest BCUT2D eigenvalue weighted by Crippen LogP contribution is 2.42. The van der Waals surface area contributed by atoms with Gasteiger partial charge in [0.15, 0.2) is 0 Å². The summed E-state index contributed by atoms with van der Waals surface area (Å²) in [7, 11) is 0. The van der Waals surface area contributed by atoms with E-state index < -0.39 is 0 Å². The minimum atomic E-state index is 0.917. The number of fused-ring (bicyclic) bond motifs is 7. The number of benzene rings is 7. The molecule has 222 valence electrons. The molecule has 2 nitrogen and oxygen atoms in total. The molecule has 0 unspecified atom stereocenters. The highest BCUT2D eigenvalue weighted by atomic mass is 32.1. The van der Waals surface area contributed by atoms with Gasteiger partial charge in [0.2, 0.25) is 0 Å². The Balaban J connectivity index is 1.10. The standard InChI is InChI=1S/C44H29NOS/c45-24-6-5-7-28-12-14-29(15-13-28)30-18-23-43-40(25-30)39-20-17-32(27-44(39)47-43)34-22-21-33(35-8-1-2-9-36(34)35)31-16-19-38-37-10-3-4-11-41(37)46-42(38)26-31/h1-27H,45H2/b7-5-,24-6-. The monoisotopic (exact) mass is 619 g/mol. The van der Waals surface area contributed by atoms with Crippen LogP contribution in [0.4, 0.5) is 0 Å². The zero-order chi connectivity index (χ0) is 31.3. The van der Waals surface area contributed by atoms with Crippen LogP contribution in [0.15, 0.2) is 162 Å². The lowest BCUT2D eigenvalue weighted by molar-refractivity contribution is 0.669. The maximum atomic E-state index is 6.23. The van der Waals surface area contributed by atoms with Crippen LogP contribution in [0.3, 0.4) is 0 Å². The van der Waals surface area contributed by atoms with Gasteiger partial charge in [0.1, 0.15) is 11.2 Å². The Labute approximate surface area is 276 Å². The van der Waals surface area contributed by atoms with E-state index >= 15 is 0 Å². The van der Waals surface area contributed by atoms with Crippen LogP contribution in [0.1, 0.15) is 5.56 Å². The highest BCUT2D eigenvalue weighted by molar-refractivity contribution is 7.25. The van der Waals surface area contributed by atoms with Crippen LogP contribution in [0.5, 0.6) is 0 Å². The topological polar surface area (TPSA) is 39.2 Å². The maximum absolute atomic E-state index is 6.23. The molecule has 2 heterocycles. The molecular formula is C44H29NOS. The van der Waals surface area contributed by atoms with Crippen LogP contribution in [-0.4, -0.2) is 0 Å². The highest BCUT2D eigenvalue weighted by Gasteiger charge is 2.14. The van der Waals surface area contributed by atoms with Gasteiger partial charge in [0, 0.05) is 30.9 Å². The van der Waals surface area contributed by atoms with Crippen molar-refractivity contribution in [2.45, 2.75) is 0 Å². The molecule has 3 heteroatoms. The van der Waals surface area contributed by atoms with E-state index in [1.165, 1.54) is 65.0 Å². The van der Waals surface area contributed by atoms with Gasteiger partial charge in [-0.05, 0) is 98.4 Å². The maximum Gasteiger partial charge on any atom is 0.136 e. The lowest BCUT2D eigenvalue weighted by Gasteiger charge is -2.12. The van der Waals surface area contributed by atoms with Crippen LogP contribution in [0, 0.1) is 0 Å². The van der Waals surface area contributed by atoms with Gasteiger partial charge in [-0.2, -0.15) is 0 Å². The smallest absolute Gasteiger partial charge is 0.136 e. The molecule has 0 atom stereocenters. The number of hydrogen-bond acceptors (Lipinski definition) is 3. The van der Waals surface area contributed by atoms with Crippen molar-refractivity contribution in [3.05, 3.63) is 163 Å². The van der Waals surface area contributed by atoms with Gasteiger partial charge < -0.3 is 10.2 Å². The Morgan fingerprint density at radius 3 is 1.85 bits per heavy atom. The number of hydrogen-bond donors (Lipinski definition) is 1. The van der Waals surface area contributed by atoms with Crippen molar-refractivity contribution in [1.82, 2.24) is 0 Å². The number of allylic oxidation sites excluding steroid dienone is 2.